The van der Waals surface area contributed by atoms with Gasteiger partial charge in [-0.3, -0.25) is 0 Å². The van der Waals surface area contributed by atoms with E-state index in [-0.39, 0.29) is 17.1 Å². The molecule has 4 nitrogen and oxygen atoms in total. The monoisotopic (exact) mass is 263 g/mol. The van der Waals surface area contributed by atoms with E-state index in [1.165, 1.54) is 0 Å². The summed E-state index contributed by atoms with van der Waals surface area (Å²) in [4.78, 5) is 0. The fourth-order valence-corrected chi connectivity index (χ4v) is 3.91. The summed E-state index contributed by atoms with van der Waals surface area (Å²) in [6.45, 7) is 8.20. The van der Waals surface area contributed by atoms with Crippen LogP contribution in [0.1, 0.15) is 33.6 Å². The maximum Gasteiger partial charge on any atom is 0.157 e. The minimum atomic E-state index is -3.00. The highest BCUT2D eigenvalue weighted by atomic mass is 32.2. The Kier molecular flexibility index (Phi) is 5.89. The Labute approximate surface area is 105 Å². The molecule has 0 saturated carbocycles. The maximum absolute atomic E-state index is 12.0. The highest BCUT2D eigenvalue weighted by molar-refractivity contribution is 7.92. The summed E-state index contributed by atoms with van der Waals surface area (Å²) in [5.74, 6) is 0.881. The molecule has 1 heterocycles. The lowest BCUT2D eigenvalue weighted by Gasteiger charge is -2.15. The van der Waals surface area contributed by atoms with Crippen LogP contribution in [-0.2, 0) is 14.6 Å². The topological polar surface area (TPSA) is 55.4 Å². The molecule has 1 saturated heterocycles. The normalized spacial score (nSPS) is 25.6. The minimum absolute atomic E-state index is 0.143. The Morgan fingerprint density at radius 2 is 2.06 bits per heavy atom. The quantitative estimate of drug-likeness (QED) is 0.702. The van der Waals surface area contributed by atoms with Crippen LogP contribution in [0, 0.1) is 5.92 Å². The van der Waals surface area contributed by atoms with Crippen LogP contribution in [0.5, 0.6) is 0 Å². The molecular weight excluding hydrogens is 238 g/mol. The predicted octanol–water partition coefficient (Wildman–Crippen LogP) is 1.21. The van der Waals surface area contributed by atoms with Crippen LogP contribution in [0.25, 0.3) is 0 Å². The van der Waals surface area contributed by atoms with Gasteiger partial charge in [-0.25, -0.2) is 8.42 Å². The second-order valence-electron chi connectivity index (χ2n) is 5.20. The van der Waals surface area contributed by atoms with Gasteiger partial charge in [-0.05, 0) is 32.2 Å². The highest BCUT2D eigenvalue weighted by Crippen LogP contribution is 2.21. The van der Waals surface area contributed by atoms with Crippen molar-refractivity contribution in [2.75, 3.05) is 25.4 Å². The van der Waals surface area contributed by atoms with Crippen molar-refractivity contribution in [1.29, 1.82) is 0 Å². The number of ether oxygens (including phenoxy) is 1. The van der Waals surface area contributed by atoms with Crippen LogP contribution in [0.4, 0.5) is 0 Å². The predicted molar refractivity (Wildman–Crippen MR) is 69.9 cm³/mol. The Morgan fingerprint density at radius 1 is 1.35 bits per heavy atom. The zero-order valence-electron chi connectivity index (χ0n) is 11.1. The van der Waals surface area contributed by atoms with Crippen LogP contribution < -0.4 is 5.32 Å². The van der Waals surface area contributed by atoms with Crippen molar-refractivity contribution in [3.63, 3.8) is 0 Å². The summed E-state index contributed by atoms with van der Waals surface area (Å²) in [5, 5.41) is 2.89. The van der Waals surface area contributed by atoms with E-state index >= 15 is 0 Å². The number of hydrogen-bond acceptors (Lipinski definition) is 4. The molecule has 102 valence electrons. The molecule has 0 amide bonds. The molecule has 2 unspecified atom stereocenters. The van der Waals surface area contributed by atoms with Crippen molar-refractivity contribution in [3.05, 3.63) is 0 Å². The fourth-order valence-electron chi connectivity index (χ4n) is 2.07. The van der Waals surface area contributed by atoms with E-state index in [0.29, 0.717) is 25.5 Å². The van der Waals surface area contributed by atoms with Crippen LogP contribution in [-0.4, -0.2) is 45.2 Å². The van der Waals surface area contributed by atoms with Crippen LogP contribution >= 0.6 is 0 Å². The van der Waals surface area contributed by atoms with Gasteiger partial charge in [-0.1, -0.05) is 13.8 Å². The molecule has 17 heavy (non-hydrogen) atoms. The lowest BCUT2D eigenvalue weighted by atomic mass is 10.1. The molecule has 0 spiro atoms. The lowest BCUT2D eigenvalue weighted by molar-refractivity contribution is 0.126. The molecule has 0 aromatic rings. The summed E-state index contributed by atoms with van der Waals surface area (Å²) >= 11 is 0. The Hall–Kier alpha value is -0.130. The minimum Gasteiger partial charge on any atom is -0.377 e. The second-order valence-corrected chi connectivity index (χ2v) is 7.54. The molecule has 5 heteroatoms. The first-order valence-electron chi connectivity index (χ1n) is 6.47. The van der Waals surface area contributed by atoms with Crippen LogP contribution in [0.3, 0.4) is 0 Å². The summed E-state index contributed by atoms with van der Waals surface area (Å²) in [5.41, 5.74) is 0. The zero-order valence-corrected chi connectivity index (χ0v) is 11.9. The third-order valence-electron chi connectivity index (χ3n) is 3.23. The van der Waals surface area contributed by atoms with E-state index < -0.39 is 9.84 Å². The van der Waals surface area contributed by atoms with Gasteiger partial charge >= 0.3 is 0 Å². The maximum atomic E-state index is 12.0. The van der Waals surface area contributed by atoms with Crippen molar-refractivity contribution in [3.8, 4) is 0 Å². The summed E-state index contributed by atoms with van der Waals surface area (Å²) in [6, 6.07) is 0. The smallest absolute Gasteiger partial charge is 0.157 e. The Bertz CT molecular complexity index is 314. The molecule has 0 aliphatic carbocycles. The van der Waals surface area contributed by atoms with Gasteiger partial charge in [-0.2, -0.15) is 0 Å². The summed E-state index contributed by atoms with van der Waals surface area (Å²) in [7, 11) is -3.00. The van der Waals surface area contributed by atoms with Gasteiger partial charge in [-0.15, -0.1) is 0 Å². The van der Waals surface area contributed by atoms with Gasteiger partial charge in [0.15, 0.2) is 9.84 Å². The number of nitrogens with one attached hydrogen (secondary N) is 1. The number of hydrogen-bond donors (Lipinski definition) is 1. The van der Waals surface area contributed by atoms with E-state index in [2.05, 4.69) is 19.2 Å². The van der Waals surface area contributed by atoms with E-state index in [4.69, 9.17) is 4.74 Å². The van der Waals surface area contributed by atoms with Crippen molar-refractivity contribution in [2.45, 2.75) is 45.0 Å². The van der Waals surface area contributed by atoms with Crippen LogP contribution in [0.2, 0.25) is 0 Å². The van der Waals surface area contributed by atoms with E-state index in [1.54, 1.807) is 0 Å². The molecule has 0 radical (unpaired) electrons. The second kappa shape index (κ2) is 6.71. The number of rotatable bonds is 7. The largest absolute Gasteiger partial charge is 0.377 e. The van der Waals surface area contributed by atoms with Crippen molar-refractivity contribution in [1.82, 2.24) is 5.32 Å². The summed E-state index contributed by atoms with van der Waals surface area (Å²) in [6.07, 6.45) is 1.59. The van der Waals surface area contributed by atoms with Gasteiger partial charge in [0.2, 0.25) is 0 Å². The third kappa shape index (κ3) is 4.94. The lowest BCUT2D eigenvalue weighted by Crippen LogP contribution is -2.34. The Balaban J connectivity index is 2.25. The van der Waals surface area contributed by atoms with Crippen molar-refractivity contribution >= 4 is 9.84 Å². The molecular formula is C12H25NO3S. The molecule has 0 aromatic carbocycles. The first-order chi connectivity index (χ1) is 7.93. The van der Waals surface area contributed by atoms with Gasteiger partial charge in [0.25, 0.3) is 0 Å². The van der Waals surface area contributed by atoms with E-state index in [9.17, 15) is 8.42 Å². The van der Waals surface area contributed by atoms with Gasteiger partial charge < -0.3 is 10.1 Å². The molecule has 1 aliphatic heterocycles. The van der Waals surface area contributed by atoms with Crippen LogP contribution in [0.15, 0.2) is 0 Å². The molecule has 1 aliphatic rings. The molecule has 2 atom stereocenters. The zero-order chi connectivity index (χ0) is 12.9. The SMILES string of the molecule is CC(C)CCNCCS(=O)(=O)C1CCOC1C. The molecule has 0 aromatic heterocycles. The van der Waals surface area contributed by atoms with E-state index in [1.807, 2.05) is 6.92 Å². The van der Waals surface area contributed by atoms with E-state index in [0.717, 1.165) is 13.0 Å². The van der Waals surface area contributed by atoms with Crippen molar-refractivity contribution < 1.29 is 13.2 Å². The first kappa shape index (κ1) is 14.9. The third-order valence-corrected chi connectivity index (χ3v) is 5.54. The first-order valence-corrected chi connectivity index (χ1v) is 8.19. The molecule has 0 bridgehead atoms. The fraction of sp³-hybridized carbons (Fsp3) is 1.00. The standard InChI is InChI=1S/C12H25NO3S/c1-10(2)4-6-13-7-9-17(14,15)12-5-8-16-11(12)3/h10-13H,4-9H2,1-3H3. The van der Waals surface area contributed by atoms with Gasteiger partial charge in [0, 0.05) is 13.2 Å². The summed E-state index contributed by atoms with van der Waals surface area (Å²) < 4.78 is 29.4. The molecule has 1 fully saturated rings. The average Bonchev–Trinajstić information content (AvgIpc) is 2.64. The van der Waals surface area contributed by atoms with Crippen molar-refractivity contribution in [2.24, 2.45) is 5.92 Å². The molecule has 1 rings (SSSR count). The highest BCUT2D eigenvalue weighted by Gasteiger charge is 2.35. The van der Waals surface area contributed by atoms with Gasteiger partial charge in [0.05, 0.1) is 17.1 Å². The Morgan fingerprint density at radius 3 is 2.59 bits per heavy atom. The number of sulfone groups is 1. The average molecular weight is 263 g/mol. The molecule has 1 N–H and O–H groups in total. The van der Waals surface area contributed by atoms with Gasteiger partial charge in [0.1, 0.15) is 0 Å².